The van der Waals surface area contributed by atoms with Crippen molar-refractivity contribution in [3.8, 4) is 22.4 Å². The van der Waals surface area contributed by atoms with Crippen molar-refractivity contribution in [1.29, 1.82) is 0 Å². The second-order valence-electron chi connectivity index (χ2n) is 5.71. The Morgan fingerprint density at radius 2 is 1.46 bits per heavy atom. The number of alkyl halides is 3. The first-order valence-corrected chi connectivity index (χ1v) is 8.69. The molecule has 7 heteroatoms. The van der Waals surface area contributed by atoms with E-state index in [4.69, 9.17) is 0 Å². The number of aromatic nitrogens is 3. The van der Waals surface area contributed by atoms with Crippen molar-refractivity contribution in [2.75, 3.05) is 0 Å². The molecule has 0 radical (unpaired) electrons. The van der Waals surface area contributed by atoms with Gasteiger partial charge in [0.1, 0.15) is 11.5 Å². The van der Waals surface area contributed by atoms with Crippen LogP contribution in [0.5, 0.6) is 0 Å². The Morgan fingerprint density at radius 1 is 0.821 bits per heavy atom. The number of hydrogen-bond acceptors (Lipinski definition) is 2. The quantitative estimate of drug-likeness (QED) is 0.381. The summed E-state index contributed by atoms with van der Waals surface area (Å²) in [6.45, 7) is 4.00. The maximum atomic E-state index is 13.3. The molecule has 3 nitrogen and oxygen atoms in total. The van der Waals surface area contributed by atoms with Crippen molar-refractivity contribution >= 4 is 5.52 Å². The Balaban J connectivity index is 0.00000109. The van der Waals surface area contributed by atoms with E-state index in [1.807, 2.05) is 13.8 Å². The van der Waals surface area contributed by atoms with Crippen LogP contribution >= 0.6 is 0 Å². The maximum Gasteiger partial charge on any atom is 0.417 e. The zero-order valence-corrected chi connectivity index (χ0v) is 15.2. The molecule has 0 saturated carbocycles. The third-order valence-corrected chi connectivity index (χ3v) is 4.04. The zero-order chi connectivity index (χ0) is 20.3. The molecule has 0 aliphatic carbocycles. The minimum Gasteiger partial charge on any atom is -0.265 e. The summed E-state index contributed by atoms with van der Waals surface area (Å²) in [4.78, 5) is 3.97. The van der Waals surface area contributed by atoms with Crippen LogP contribution in [0.25, 0.3) is 27.9 Å². The molecule has 4 rings (SSSR count). The number of rotatable bonds is 2. The van der Waals surface area contributed by atoms with Gasteiger partial charge in [0.2, 0.25) is 0 Å². The van der Waals surface area contributed by atoms with Gasteiger partial charge in [-0.1, -0.05) is 13.8 Å². The van der Waals surface area contributed by atoms with E-state index in [2.05, 4.69) is 10.1 Å². The fraction of sp³-hybridized carbons (Fsp3) is 0.143. The van der Waals surface area contributed by atoms with E-state index >= 15 is 0 Å². The highest BCUT2D eigenvalue weighted by atomic mass is 19.4. The molecule has 4 aromatic rings. The second-order valence-corrected chi connectivity index (χ2v) is 5.71. The fourth-order valence-electron chi connectivity index (χ4n) is 2.83. The molecule has 28 heavy (non-hydrogen) atoms. The average Bonchev–Trinajstić information content (AvgIpc) is 3.09. The number of fused-ring (bicyclic) bond motifs is 1. The standard InChI is InChI=1S/C19H11F4N3.C2H6/c20-15-4-1-13(2-5-15)18-17(12-7-9-24-10-8-12)16-6-3-14(19(21,22)23)11-26(16)25-18;1-2/h1-11H;1-2H3. The molecule has 3 aromatic heterocycles. The van der Waals surface area contributed by atoms with Crippen molar-refractivity contribution < 1.29 is 17.6 Å². The molecule has 1 aromatic carbocycles. The lowest BCUT2D eigenvalue weighted by Gasteiger charge is -2.07. The third-order valence-electron chi connectivity index (χ3n) is 4.04. The smallest absolute Gasteiger partial charge is 0.265 e. The summed E-state index contributed by atoms with van der Waals surface area (Å²) in [5.41, 5.74) is 2.22. The molecule has 3 heterocycles. The highest BCUT2D eigenvalue weighted by Gasteiger charge is 2.31. The SMILES string of the molecule is CC.Fc1ccc(-c2nn3cc(C(F)(F)F)ccc3c2-c2ccncc2)cc1. The van der Waals surface area contributed by atoms with Gasteiger partial charge in [0, 0.05) is 29.7 Å². The van der Waals surface area contributed by atoms with Gasteiger partial charge in [0.15, 0.2) is 0 Å². The van der Waals surface area contributed by atoms with Crippen LogP contribution in [0, 0.1) is 5.82 Å². The number of halogens is 4. The number of pyridine rings is 2. The summed E-state index contributed by atoms with van der Waals surface area (Å²) in [7, 11) is 0. The lowest BCUT2D eigenvalue weighted by atomic mass is 10.0. The third kappa shape index (κ3) is 3.74. The van der Waals surface area contributed by atoms with Gasteiger partial charge in [-0.15, -0.1) is 0 Å². The predicted molar refractivity (Wildman–Crippen MR) is 100 cm³/mol. The normalized spacial score (nSPS) is 11.2. The van der Waals surface area contributed by atoms with Crippen LogP contribution in [0.1, 0.15) is 19.4 Å². The summed E-state index contributed by atoms with van der Waals surface area (Å²) in [6.07, 6.45) is -0.325. The van der Waals surface area contributed by atoms with Crippen LogP contribution in [0.3, 0.4) is 0 Å². The van der Waals surface area contributed by atoms with Crippen LogP contribution in [0.4, 0.5) is 17.6 Å². The lowest BCUT2D eigenvalue weighted by molar-refractivity contribution is -0.137. The highest BCUT2D eigenvalue weighted by Crippen LogP contribution is 2.37. The lowest BCUT2D eigenvalue weighted by Crippen LogP contribution is -2.06. The van der Waals surface area contributed by atoms with Crippen molar-refractivity contribution in [3.63, 3.8) is 0 Å². The van der Waals surface area contributed by atoms with Gasteiger partial charge in [0.25, 0.3) is 0 Å². The van der Waals surface area contributed by atoms with Crippen molar-refractivity contribution in [1.82, 2.24) is 14.6 Å². The first-order chi connectivity index (χ1) is 13.4. The number of benzene rings is 1. The Labute approximate surface area is 159 Å². The van der Waals surface area contributed by atoms with E-state index in [1.54, 1.807) is 36.7 Å². The molecular weight excluding hydrogens is 370 g/mol. The van der Waals surface area contributed by atoms with E-state index in [1.165, 1.54) is 22.7 Å². The zero-order valence-electron chi connectivity index (χ0n) is 15.2. The minimum absolute atomic E-state index is 0.401. The first-order valence-electron chi connectivity index (χ1n) is 8.69. The van der Waals surface area contributed by atoms with Gasteiger partial charge in [0.05, 0.1) is 11.1 Å². The molecule has 0 aliphatic rings. The van der Waals surface area contributed by atoms with Crippen molar-refractivity contribution in [2.45, 2.75) is 20.0 Å². The van der Waals surface area contributed by atoms with Crippen LogP contribution in [0.15, 0.2) is 67.1 Å². The average molecular weight is 387 g/mol. The highest BCUT2D eigenvalue weighted by molar-refractivity contribution is 5.92. The summed E-state index contributed by atoms with van der Waals surface area (Å²) >= 11 is 0. The fourth-order valence-corrected chi connectivity index (χ4v) is 2.83. The Bertz CT molecular complexity index is 1070. The second kappa shape index (κ2) is 7.80. The summed E-state index contributed by atoms with van der Waals surface area (Å²) < 4.78 is 53.5. The van der Waals surface area contributed by atoms with Crippen LogP contribution in [-0.2, 0) is 6.18 Å². The van der Waals surface area contributed by atoms with E-state index in [0.717, 1.165) is 17.8 Å². The van der Waals surface area contributed by atoms with Gasteiger partial charge in [-0.05, 0) is 54.1 Å². The predicted octanol–water partition coefficient (Wildman–Crippen LogP) is 6.25. The van der Waals surface area contributed by atoms with Gasteiger partial charge >= 0.3 is 6.18 Å². The van der Waals surface area contributed by atoms with E-state index in [9.17, 15) is 17.6 Å². The number of hydrogen-bond donors (Lipinski definition) is 0. The molecule has 0 N–H and O–H groups in total. The van der Waals surface area contributed by atoms with E-state index in [0.29, 0.717) is 22.3 Å². The van der Waals surface area contributed by atoms with Gasteiger partial charge in [-0.25, -0.2) is 8.91 Å². The molecular formula is C21H17F4N3. The van der Waals surface area contributed by atoms with E-state index < -0.39 is 17.6 Å². The molecule has 0 spiro atoms. The monoisotopic (exact) mass is 387 g/mol. The largest absolute Gasteiger partial charge is 0.417 e. The van der Waals surface area contributed by atoms with Gasteiger partial charge in [-0.2, -0.15) is 18.3 Å². The topological polar surface area (TPSA) is 30.2 Å². The van der Waals surface area contributed by atoms with Crippen LogP contribution < -0.4 is 0 Å². The van der Waals surface area contributed by atoms with Gasteiger partial charge in [-0.3, -0.25) is 4.98 Å². The number of nitrogens with zero attached hydrogens (tertiary/aromatic N) is 3. The molecule has 0 bridgehead atoms. The van der Waals surface area contributed by atoms with Crippen LogP contribution in [0.2, 0.25) is 0 Å². The Hall–Kier alpha value is -3.22. The Kier molecular flexibility index (Phi) is 5.44. The molecule has 144 valence electrons. The molecule has 0 atom stereocenters. The summed E-state index contributed by atoms with van der Waals surface area (Å²) in [6, 6.07) is 11.6. The molecule has 0 fully saturated rings. The summed E-state index contributed by atoms with van der Waals surface area (Å²) in [5, 5.41) is 4.34. The molecule has 0 unspecified atom stereocenters. The Morgan fingerprint density at radius 3 is 2.07 bits per heavy atom. The van der Waals surface area contributed by atoms with Gasteiger partial charge < -0.3 is 0 Å². The minimum atomic E-state index is -4.47. The van der Waals surface area contributed by atoms with Crippen molar-refractivity contribution in [3.05, 3.63) is 78.5 Å². The first kappa shape index (κ1) is 19.5. The molecule has 0 amide bonds. The van der Waals surface area contributed by atoms with Crippen molar-refractivity contribution in [2.24, 2.45) is 0 Å². The van der Waals surface area contributed by atoms with Crippen LogP contribution in [-0.4, -0.2) is 14.6 Å². The molecule has 0 aliphatic heterocycles. The van der Waals surface area contributed by atoms with E-state index in [-0.39, 0.29) is 0 Å². The summed E-state index contributed by atoms with van der Waals surface area (Å²) in [5.74, 6) is -0.401. The maximum absolute atomic E-state index is 13.3. The molecule has 0 saturated heterocycles.